The van der Waals surface area contributed by atoms with E-state index >= 15 is 0 Å². The first-order valence-electron chi connectivity index (χ1n) is 13.3. The summed E-state index contributed by atoms with van der Waals surface area (Å²) in [5.74, 6) is 0.359. The molecule has 1 N–H and O–H groups in total. The molecule has 2 atom stereocenters. The molecule has 2 aliphatic rings. The molecule has 6 heteroatoms. The number of fused-ring (bicyclic) bond motifs is 1. The highest BCUT2D eigenvalue weighted by molar-refractivity contribution is 6.06. The molecule has 1 heterocycles. The van der Waals surface area contributed by atoms with Gasteiger partial charge in [0.05, 0.1) is 24.5 Å². The summed E-state index contributed by atoms with van der Waals surface area (Å²) >= 11 is 0. The van der Waals surface area contributed by atoms with Crippen molar-refractivity contribution in [3.63, 3.8) is 0 Å². The summed E-state index contributed by atoms with van der Waals surface area (Å²) in [5, 5.41) is 3.54. The maximum absolute atomic E-state index is 14.0. The summed E-state index contributed by atoms with van der Waals surface area (Å²) in [6.07, 6.45) is 4.07. The van der Waals surface area contributed by atoms with E-state index in [0.717, 1.165) is 53.2 Å². The van der Waals surface area contributed by atoms with Crippen molar-refractivity contribution in [3.05, 3.63) is 101 Å². The van der Waals surface area contributed by atoms with Gasteiger partial charge in [-0.3, -0.25) is 14.5 Å². The maximum Gasteiger partial charge on any atom is 0.227 e. The Labute approximate surface area is 223 Å². The Kier molecular flexibility index (Phi) is 7.59. The van der Waals surface area contributed by atoms with Crippen LogP contribution in [0, 0.1) is 5.82 Å². The second-order valence-corrected chi connectivity index (χ2v) is 10.0. The Morgan fingerprint density at radius 1 is 0.974 bits per heavy atom. The number of rotatable bonds is 7. The quantitative estimate of drug-likeness (QED) is 0.337. The number of halogens is 1. The summed E-state index contributed by atoms with van der Waals surface area (Å²) < 4.78 is 19.3. The fourth-order valence-corrected chi connectivity index (χ4v) is 5.58. The Hall–Kier alpha value is -3.93. The minimum absolute atomic E-state index is 0.00643. The lowest BCUT2D eigenvalue weighted by molar-refractivity contribution is -0.119. The third-order valence-corrected chi connectivity index (χ3v) is 7.52. The van der Waals surface area contributed by atoms with Crippen LogP contribution >= 0.6 is 0 Å². The number of unbranched alkanes of at least 4 members (excludes halogenated alkanes) is 2. The number of amides is 1. The van der Waals surface area contributed by atoms with Crippen molar-refractivity contribution in [1.82, 2.24) is 0 Å². The first kappa shape index (κ1) is 25.7. The average Bonchev–Trinajstić information content (AvgIpc) is 3.08. The molecule has 5 nitrogen and oxygen atoms in total. The zero-order chi connectivity index (χ0) is 26.6. The van der Waals surface area contributed by atoms with Crippen LogP contribution in [0.2, 0.25) is 0 Å². The predicted octanol–water partition coefficient (Wildman–Crippen LogP) is 7.32. The molecule has 3 aromatic carbocycles. The number of carbonyl (C=O) groups is 2. The van der Waals surface area contributed by atoms with Gasteiger partial charge in [-0.1, -0.05) is 56.2 Å². The molecule has 0 radical (unpaired) electrons. The summed E-state index contributed by atoms with van der Waals surface area (Å²) in [6.45, 7) is 2.11. The molecule has 38 heavy (non-hydrogen) atoms. The molecule has 1 aliphatic carbocycles. The fraction of sp³-hybridized carbons (Fsp3) is 0.312. The van der Waals surface area contributed by atoms with Crippen LogP contribution in [0.5, 0.6) is 5.75 Å². The summed E-state index contributed by atoms with van der Waals surface area (Å²) in [5.41, 5.74) is 4.70. The lowest BCUT2D eigenvalue weighted by Gasteiger charge is -2.35. The van der Waals surface area contributed by atoms with Crippen molar-refractivity contribution in [1.29, 1.82) is 0 Å². The van der Waals surface area contributed by atoms with Gasteiger partial charge < -0.3 is 10.1 Å². The van der Waals surface area contributed by atoms with Crippen molar-refractivity contribution in [2.45, 2.75) is 57.4 Å². The molecule has 0 spiro atoms. The summed E-state index contributed by atoms with van der Waals surface area (Å²) in [6, 6.07) is 21.1. The highest BCUT2D eigenvalue weighted by Crippen LogP contribution is 2.47. The number of Topliss-reactive ketones (excluding diaryl/α,β-unsaturated/α-hetero) is 1. The molecule has 0 unspecified atom stereocenters. The normalized spacial score (nSPS) is 18.8. The van der Waals surface area contributed by atoms with Crippen LogP contribution in [0.3, 0.4) is 0 Å². The average molecular weight is 513 g/mol. The number of ether oxygens (including phenoxy) is 1. The number of hydrogen-bond acceptors (Lipinski definition) is 4. The second kappa shape index (κ2) is 11.2. The highest BCUT2D eigenvalue weighted by atomic mass is 19.1. The predicted molar refractivity (Wildman–Crippen MR) is 148 cm³/mol. The van der Waals surface area contributed by atoms with Crippen molar-refractivity contribution < 1.29 is 18.7 Å². The molecule has 0 bridgehead atoms. The van der Waals surface area contributed by atoms with E-state index in [2.05, 4.69) is 12.2 Å². The maximum atomic E-state index is 14.0. The lowest BCUT2D eigenvalue weighted by atomic mass is 9.78. The molecule has 1 amide bonds. The van der Waals surface area contributed by atoms with Gasteiger partial charge in [0, 0.05) is 24.1 Å². The molecule has 196 valence electrons. The van der Waals surface area contributed by atoms with E-state index in [4.69, 9.17) is 4.74 Å². The number of carbonyl (C=O) groups excluding carboxylic acids is 2. The Morgan fingerprint density at radius 3 is 2.39 bits per heavy atom. The standard InChI is InChI=1S/C32H33FN2O3/c1-3-4-5-10-30(37)35-28-9-7-6-8-26(28)34-27-19-23(21-13-17-25(38-2)18-14-21)20-29(36)31(27)32(35)22-11-15-24(33)16-12-22/h6-9,11-18,23,32,34H,3-5,10,19-20H2,1-2H3/t23-,32+/m0/s1. The molecule has 5 rings (SSSR count). The fourth-order valence-electron chi connectivity index (χ4n) is 5.58. The molecule has 0 aromatic heterocycles. The molecule has 0 fully saturated rings. The highest BCUT2D eigenvalue weighted by Gasteiger charge is 2.41. The molecule has 0 saturated heterocycles. The third-order valence-electron chi connectivity index (χ3n) is 7.52. The first-order valence-corrected chi connectivity index (χ1v) is 13.3. The minimum Gasteiger partial charge on any atom is -0.497 e. The first-order chi connectivity index (χ1) is 18.5. The van der Waals surface area contributed by atoms with Gasteiger partial charge in [0.15, 0.2) is 5.78 Å². The lowest BCUT2D eigenvalue weighted by Crippen LogP contribution is -2.38. The van der Waals surface area contributed by atoms with E-state index in [-0.39, 0.29) is 23.4 Å². The Balaban J connectivity index is 1.63. The largest absolute Gasteiger partial charge is 0.497 e. The van der Waals surface area contributed by atoms with E-state index in [9.17, 15) is 14.0 Å². The van der Waals surface area contributed by atoms with Gasteiger partial charge in [0.2, 0.25) is 5.91 Å². The van der Waals surface area contributed by atoms with Crippen molar-refractivity contribution in [2.75, 3.05) is 17.3 Å². The zero-order valence-corrected chi connectivity index (χ0v) is 21.9. The smallest absolute Gasteiger partial charge is 0.227 e. The summed E-state index contributed by atoms with van der Waals surface area (Å²) in [7, 11) is 1.63. The SMILES string of the molecule is CCCCCC(=O)N1c2ccccc2NC2=C(C(=O)C[C@@H](c3ccc(OC)cc3)C2)[C@H]1c1ccc(F)cc1. The van der Waals surface area contributed by atoms with Gasteiger partial charge in [0.25, 0.3) is 0 Å². The number of ketones is 1. The number of allylic oxidation sites excluding steroid dienone is 1. The van der Waals surface area contributed by atoms with Crippen LogP contribution in [0.1, 0.15) is 68.5 Å². The van der Waals surface area contributed by atoms with E-state index < -0.39 is 6.04 Å². The number of nitrogens with one attached hydrogen (secondary N) is 1. The van der Waals surface area contributed by atoms with Crippen LogP contribution in [0.4, 0.5) is 15.8 Å². The van der Waals surface area contributed by atoms with E-state index in [1.54, 1.807) is 24.1 Å². The number of para-hydroxylation sites is 2. The van der Waals surface area contributed by atoms with Crippen molar-refractivity contribution >= 4 is 23.1 Å². The Bertz CT molecular complexity index is 1350. The van der Waals surface area contributed by atoms with Crippen molar-refractivity contribution in [2.24, 2.45) is 0 Å². The monoisotopic (exact) mass is 512 g/mol. The second-order valence-electron chi connectivity index (χ2n) is 10.0. The molecular formula is C32H33FN2O3. The van der Waals surface area contributed by atoms with Crippen LogP contribution in [-0.2, 0) is 9.59 Å². The molecule has 0 saturated carbocycles. The van der Waals surface area contributed by atoms with Gasteiger partial charge in [-0.15, -0.1) is 0 Å². The summed E-state index contributed by atoms with van der Waals surface area (Å²) in [4.78, 5) is 29.6. The molecule has 1 aliphatic heterocycles. The minimum atomic E-state index is -0.639. The topological polar surface area (TPSA) is 58.6 Å². The van der Waals surface area contributed by atoms with E-state index in [1.807, 2.05) is 48.5 Å². The van der Waals surface area contributed by atoms with Gasteiger partial charge in [-0.25, -0.2) is 4.39 Å². The van der Waals surface area contributed by atoms with Crippen LogP contribution in [0.15, 0.2) is 84.1 Å². The van der Waals surface area contributed by atoms with Crippen LogP contribution in [-0.4, -0.2) is 18.8 Å². The third kappa shape index (κ3) is 5.08. The number of nitrogens with zero attached hydrogens (tertiary/aromatic N) is 1. The zero-order valence-electron chi connectivity index (χ0n) is 21.9. The molecule has 3 aromatic rings. The Morgan fingerprint density at radius 2 is 1.68 bits per heavy atom. The molecular weight excluding hydrogens is 479 g/mol. The van der Waals surface area contributed by atoms with E-state index in [0.29, 0.717) is 24.8 Å². The van der Waals surface area contributed by atoms with E-state index in [1.165, 1.54) is 12.1 Å². The van der Waals surface area contributed by atoms with Gasteiger partial charge in [-0.05, 0) is 66.3 Å². The number of benzene rings is 3. The number of methoxy groups -OCH3 is 1. The van der Waals surface area contributed by atoms with Crippen LogP contribution in [0.25, 0.3) is 0 Å². The van der Waals surface area contributed by atoms with Crippen molar-refractivity contribution in [3.8, 4) is 5.75 Å². The van der Waals surface area contributed by atoms with Gasteiger partial charge >= 0.3 is 0 Å². The van der Waals surface area contributed by atoms with Gasteiger partial charge in [-0.2, -0.15) is 0 Å². The van der Waals surface area contributed by atoms with Gasteiger partial charge in [0.1, 0.15) is 11.6 Å². The number of anilines is 2. The number of hydrogen-bond donors (Lipinski definition) is 1. The van der Waals surface area contributed by atoms with Crippen LogP contribution < -0.4 is 15.0 Å².